The molecular formula is C17H16ClN3. The lowest BCUT2D eigenvalue weighted by atomic mass is 10.2. The standard InChI is InChI=1S/C17H16ClN3/c18-14-8-6-13(7-9-14)12-21-16-5-2-1-4-15(16)20-11-3-10-19-17(20)21/h1-2,4-9H,3,10-12H2. The van der Waals surface area contributed by atoms with Gasteiger partial charge in [0.05, 0.1) is 17.9 Å². The van der Waals surface area contributed by atoms with Gasteiger partial charge in [-0.2, -0.15) is 0 Å². The molecule has 0 fully saturated rings. The summed E-state index contributed by atoms with van der Waals surface area (Å²) in [5.74, 6) is 1.08. The van der Waals surface area contributed by atoms with Crippen molar-refractivity contribution in [3.05, 3.63) is 59.1 Å². The lowest BCUT2D eigenvalue weighted by Gasteiger charge is -2.26. The molecule has 0 unspecified atom stereocenters. The van der Waals surface area contributed by atoms with Gasteiger partial charge in [-0.15, -0.1) is 0 Å². The minimum Gasteiger partial charge on any atom is -0.310 e. The van der Waals surface area contributed by atoms with Crippen LogP contribution in [0, 0.1) is 0 Å². The summed E-state index contributed by atoms with van der Waals surface area (Å²) in [4.78, 5) is 9.38. The Morgan fingerprint density at radius 2 is 1.76 bits per heavy atom. The first kappa shape index (κ1) is 12.7. The molecule has 3 nitrogen and oxygen atoms in total. The zero-order valence-corrected chi connectivity index (χ0v) is 12.4. The zero-order valence-electron chi connectivity index (χ0n) is 11.7. The van der Waals surface area contributed by atoms with E-state index in [4.69, 9.17) is 16.6 Å². The molecule has 4 heteroatoms. The van der Waals surface area contributed by atoms with Gasteiger partial charge in [-0.05, 0) is 36.2 Å². The maximum Gasteiger partial charge on any atom is 0.206 e. The van der Waals surface area contributed by atoms with Crippen molar-refractivity contribution in [2.24, 2.45) is 4.99 Å². The summed E-state index contributed by atoms with van der Waals surface area (Å²) in [6.45, 7) is 2.79. The highest BCUT2D eigenvalue weighted by atomic mass is 35.5. The van der Waals surface area contributed by atoms with Crippen LogP contribution in [0.2, 0.25) is 5.02 Å². The van der Waals surface area contributed by atoms with Crippen molar-refractivity contribution in [2.75, 3.05) is 22.9 Å². The molecule has 0 amide bonds. The fourth-order valence-electron chi connectivity index (χ4n) is 3.01. The Bertz CT molecular complexity index is 693. The van der Waals surface area contributed by atoms with E-state index in [1.807, 2.05) is 12.1 Å². The van der Waals surface area contributed by atoms with Gasteiger partial charge in [-0.3, -0.25) is 4.99 Å². The van der Waals surface area contributed by atoms with E-state index >= 15 is 0 Å². The first-order chi connectivity index (χ1) is 10.3. The monoisotopic (exact) mass is 297 g/mol. The van der Waals surface area contributed by atoms with Crippen molar-refractivity contribution in [1.82, 2.24) is 0 Å². The van der Waals surface area contributed by atoms with Crippen LogP contribution in [-0.4, -0.2) is 19.0 Å². The van der Waals surface area contributed by atoms with Gasteiger partial charge >= 0.3 is 0 Å². The van der Waals surface area contributed by atoms with Gasteiger partial charge in [-0.1, -0.05) is 35.9 Å². The SMILES string of the molecule is Clc1ccc(CN2C3=NCCCN3c3ccccc32)cc1. The Morgan fingerprint density at radius 1 is 1.00 bits per heavy atom. The van der Waals surface area contributed by atoms with Gasteiger partial charge in [0.15, 0.2) is 0 Å². The number of para-hydroxylation sites is 2. The number of nitrogens with zero attached hydrogens (tertiary/aromatic N) is 3. The molecule has 0 spiro atoms. The van der Waals surface area contributed by atoms with Gasteiger partial charge < -0.3 is 9.80 Å². The molecule has 0 bridgehead atoms. The number of fused-ring (bicyclic) bond motifs is 3. The molecule has 2 heterocycles. The third kappa shape index (κ3) is 2.18. The van der Waals surface area contributed by atoms with Crippen LogP contribution in [-0.2, 0) is 6.54 Å². The molecule has 2 aromatic carbocycles. The van der Waals surface area contributed by atoms with Gasteiger partial charge in [0.2, 0.25) is 5.96 Å². The number of aliphatic imine (C=N–C) groups is 1. The first-order valence-electron chi connectivity index (χ1n) is 7.26. The quantitative estimate of drug-likeness (QED) is 0.836. The summed E-state index contributed by atoms with van der Waals surface area (Å²) in [6, 6.07) is 16.6. The summed E-state index contributed by atoms with van der Waals surface area (Å²) >= 11 is 5.97. The fraction of sp³-hybridized carbons (Fsp3) is 0.235. The number of guanidine groups is 1. The molecule has 106 valence electrons. The third-order valence-corrected chi connectivity index (χ3v) is 4.25. The summed E-state index contributed by atoms with van der Waals surface area (Å²) < 4.78 is 0. The van der Waals surface area contributed by atoms with E-state index in [1.54, 1.807) is 0 Å². The summed E-state index contributed by atoms with van der Waals surface area (Å²) in [7, 11) is 0. The average molecular weight is 298 g/mol. The largest absolute Gasteiger partial charge is 0.310 e. The predicted octanol–water partition coefficient (Wildman–Crippen LogP) is 3.93. The zero-order chi connectivity index (χ0) is 14.2. The third-order valence-electron chi connectivity index (χ3n) is 3.99. The Kier molecular flexibility index (Phi) is 3.08. The minimum atomic E-state index is 0.775. The molecule has 0 aromatic heterocycles. The van der Waals surface area contributed by atoms with Crippen LogP contribution in [0.5, 0.6) is 0 Å². The maximum absolute atomic E-state index is 5.97. The highest BCUT2D eigenvalue weighted by Gasteiger charge is 2.33. The van der Waals surface area contributed by atoms with Crippen molar-refractivity contribution in [2.45, 2.75) is 13.0 Å². The summed E-state index contributed by atoms with van der Waals surface area (Å²) in [5.41, 5.74) is 3.75. The lowest BCUT2D eigenvalue weighted by molar-refractivity contribution is 0.784. The molecule has 0 N–H and O–H groups in total. The van der Waals surface area contributed by atoms with E-state index in [0.717, 1.165) is 37.0 Å². The summed E-state index contributed by atoms with van der Waals surface area (Å²) in [6.07, 6.45) is 1.12. The molecule has 2 aliphatic rings. The molecular weight excluding hydrogens is 282 g/mol. The molecule has 0 atom stereocenters. The Morgan fingerprint density at radius 3 is 2.57 bits per heavy atom. The van der Waals surface area contributed by atoms with Crippen LogP contribution in [0.1, 0.15) is 12.0 Å². The minimum absolute atomic E-state index is 0.775. The second-order valence-corrected chi connectivity index (χ2v) is 5.82. The van der Waals surface area contributed by atoms with E-state index in [1.165, 1.54) is 16.9 Å². The molecule has 2 aromatic rings. The van der Waals surface area contributed by atoms with Crippen LogP contribution < -0.4 is 9.80 Å². The first-order valence-corrected chi connectivity index (χ1v) is 7.64. The Hall–Kier alpha value is -2.00. The number of hydrogen-bond acceptors (Lipinski definition) is 3. The molecule has 0 saturated carbocycles. The normalized spacial score (nSPS) is 16.5. The molecule has 0 radical (unpaired) electrons. The number of rotatable bonds is 2. The van der Waals surface area contributed by atoms with Gasteiger partial charge in [0.1, 0.15) is 0 Å². The van der Waals surface area contributed by atoms with Crippen molar-refractivity contribution < 1.29 is 0 Å². The molecule has 2 aliphatic heterocycles. The van der Waals surface area contributed by atoms with E-state index in [9.17, 15) is 0 Å². The van der Waals surface area contributed by atoms with Crippen molar-refractivity contribution >= 4 is 28.9 Å². The van der Waals surface area contributed by atoms with Crippen molar-refractivity contribution in [1.29, 1.82) is 0 Å². The highest BCUT2D eigenvalue weighted by Crippen LogP contribution is 2.39. The summed E-state index contributed by atoms with van der Waals surface area (Å²) in [5, 5.41) is 0.775. The lowest BCUT2D eigenvalue weighted by Crippen LogP contribution is -2.41. The number of halogens is 1. The predicted molar refractivity (Wildman–Crippen MR) is 88.3 cm³/mol. The molecule has 4 rings (SSSR count). The van der Waals surface area contributed by atoms with E-state index < -0.39 is 0 Å². The second-order valence-electron chi connectivity index (χ2n) is 5.39. The van der Waals surface area contributed by atoms with Crippen LogP contribution in [0.15, 0.2) is 53.5 Å². The molecule has 21 heavy (non-hydrogen) atoms. The topological polar surface area (TPSA) is 18.8 Å². The van der Waals surface area contributed by atoms with Gasteiger partial charge in [-0.25, -0.2) is 0 Å². The van der Waals surface area contributed by atoms with E-state index in [2.05, 4.69) is 46.2 Å². The fourth-order valence-corrected chi connectivity index (χ4v) is 3.14. The number of anilines is 2. The van der Waals surface area contributed by atoms with E-state index in [-0.39, 0.29) is 0 Å². The smallest absolute Gasteiger partial charge is 0.206 e. The van der Waals surface area contributed by atoms with Crippen LogP contribution in [0.3, 0.4) is 0 Å². The Labute approximate surface area is 129 Å². The molecule has 0 saturated heterocycles. The van der Waals surface area contributed by atoms with E-state index in [0.29, 0.717) is 0 Å². The van der Waals surface area contributed by atoms with Crippen molar-refractivity contribution in [3.63, 3.8) is 0 Å². The number of hydrogen-bond donors (Lipinski definition) is 0. The van der Waals surface area contributed by atoms with Crippen LogP contribution >= 0.6 is 11.6 Å². The highest BCUT2D eigenvalue weighted by molar-refractivity contribution is 6.30. The Balaban J connectivity index is 1.73. The average Bonchev–Trinajstić information content (AvgIpc) is 2.85. The second kappa shape index (κ2) is 5.08. The van der Waals surface area contributed by atoms with Gasteiger partial charge in [0.25, 0.3) is 0 Å². The van der Waals surface area contributed by atoms with Crippen molar-refractivity contribution in [3.8, 4) is 0 Å². The number of benzene rings is 2. The molecule has 0 aliphatic carbocycles. The maximum atomic E-state index is 5.97. The van der Waals surface area contributed by atoms with Crippen LogP contribution in [0.25, 0.3) is 0 Å². The van der Waals surface area contributed by atoms with Crippen LogP contribution in [0.4, 0.5) is 11.4 Å². The van der Waals surface area contributed by atoms with Gasteiger partial charge in [0, 0.05) is 18.1 Å².